The zero-order valence-corrected chi connectivity index (χ0v) is 12.1. The van der Waals surface area contributed by atoms with Crippen LogP contribution in [0, 0.1) is 0 Å². The number of rotatable bonds is 3. The molecule has 0 aromatic rings. The molecular weight excluding hydrogens is 211 g/mol. The van der Waals surface area contributed by atoms with E-state index in [-0.39, 0.29) is 0 Å². The molecule has 1 heteroatoms. The van der Waals surface area contributed by atoms with Crippen molar-refractivity contribution in [2.24, 2.45) is 0 Å². The van der Waals surface area contributed by atoms with E-state index in [1.54, 1.807) is 25.7 Å². The summed E-state index contributed by atoms with van der Waals surface area (Å²) in [6.45, 7) is 5.02. The molecule has 2 aliphatic rings. The largest absolute Gasteiger partial charge is 0.0977 e. The highest BCUT2D eigenvalue weighted by molar-refractivity contribution is 7.59. The van der Waals surface area contributed by atoms with Crippen molar-refractivity contribution >= 4 is 7.92 Å². The van der Waals surface area contributed by atoms with E-state index >= 15 is 0 Å². The van der Waals surface area contributed by atoms with E-state index in [1.807, 2.05) is 0 Å². The molecule has 0 heterocycles. The molecular formula is C15H29P. The van der Waals surface area contributed by atoms with Gasteiger partial charge in [0.2, 0.25) is 0 Å². The Labute approximate surface area is 103 Å². The molecule has 2 saturated carbocycles. The van der Waals surface area contributed by atoms with Crippen molar-refractivity contribution in [3.8, 4) is 0 Å². The molecule has 94 valence electrons. The van der Waals surface area contributed by atoms with Crippen molar-refractivity contribution in [2.45, 2.75) is 95.0 Å². The van der Waals surface area contributed by atoms with Gasteiger partial charge in [0, 0.05) is 0 Å². The molecule has 0 bridgehead atoms. The first-order valence-electron chi connectivity index (χ1n) is 7.56. The van der Waals surface area contributed by atoms with Crippen LogP contribution in [0.15, 0.2) is 0 Å². The minimum atomic E-state index is 0.344. The highest BCUT2D eigenvalue weighted by Crippen LogP contribution is 2.58. The van der Waals surface area contributed by atoms with Crippen molar-refractivity contribution in [1.82, 2.24) is 0 Å². The van der Waals surface area contributed by atoms with Gasteiger partial charge in [-0.05, 0) is 42.7 Å². The second-order valence-electron chi connectivity index (χ2n) is 6.12. The second-order valence-corrected chi connectivity index (χ2v) is 9.51. The van der Waals surface area contributed by atoms with Crippen LogP contribution in [0.5, 0.6) is 0 Å². The third kappa shape index (κ3) is 3.22. The van der Waals surface area contributed by atoms with Crippen molar-refractivity contribution < 1.29 is 0 Å². The van der Waals surface area contributed by atoms with Gasteiger partial charge in [0.15, 0.2) is 0 Å². The summed E-state index contributed by atoms with van der Waals surface area (Å²) in [5, 5.41) is 0. The highest BCUT2D eigenvalue weighted by atomic mass is 31.1. The molecule has 0 unspecified atom stereocenters. The molecule has 0 aromatic heterocycles. The molecule has 0 N–H and O–H groups in total. The summed E-state index contributed by atoms with van der Waals surface area (Å²) in [6.07, 6.45) is 15.4. The van der Waals surface area contributed by atoms with Crippen LogP contribution in [0.1, 0.15) is 78.1 Å². The minimum absolute atomic E-state index is 0.344. The van der Waals surface area contributed by atoms with E-state index in [9.17, 15) is 0 Å². The first-order valence-corrected chi connectivity index (χ1v) is 9.11. The zero-order chi connectivity index (χ0) is 11.4. The Morgan fingerprint density at radius 1 is 0.688 bits per heavy atom. The molecule has 0 nitrogen and oxygen atoms in total. The van der Waals surface area contributed by atoms with Crippen LogP contribution in [0.2, 0.25) is 0 Å². The summed E-state index contributed by atoms with van der Waals surface area (Å²) >= 11 is 0. The average molecular weight is 240 g/mol. The van der Waals surface area contributed by atoms with Gasteiger partial charge in [0.25, 0.3) is 0 Å². The Bertz CT molecular complexity index is 170. The normalized spacial score (nSPS) is 25.5. The van der Waals surface area contributed by atoms with Gasteiger partial charge in [-0.25, -0.2) is 0 Å². The smallest absolute Gasteiger partial charge is 0.0204 e. The van der Waals surface area contributed by atoms with E-state index in [0.717, 1.165) is 17.0 Å². The maximum Gasteiger partial charge on any atom is -0.0204 e. The Hall–Kier alpha value is 0.430. The molecule has 0 amide bonds. The van der Waals surface area contributed by atoms with Crippen molar-refractivity contribution in [1.29, 1.82) is 0 Å². The molecule has 2 aliphatic carbocycles. The summed E-state index contributed by atoms with van der Waals surface area (Å²) in [7, 11) is 0.344. The standard InChI is InChI=1S/C15H29P/c1-13(2)16(14-9-5-3-6-10-14)15-11-7-4-8-12-15/h13-15H,3-12H2,1-2H3. The quantitative estimate of drug-likeness (QED) is 0.568. The van der Waals surface area contributed by atoms with Crippen LogP contribution in [-0.4, -0.2) is 17.0 Å². The van der Waals surface area contributed by atoms with Gasteiger partial charge in [-0.2, -0.15) is 0 Å². The van der Waals surface area contributed by atoms with Crippen LogP contribution < -0.4 is 0 Å². The Morgan fingerprint density at radius 2 is 1.06 bits per heavy atom. The predicted molar refractivity (Wildman–Crippen MR) is 75.8 cm³/mol. The van der Waals surface area contributed by atoms with Crippen LogP contribution in [0.3, 0.4) is 0 Å². The SMILES string of the molecule is CC(C)P(C1CCCCC1)C1CCCCC1. The van der Waals surface area contributed by atoms with Gasteiger partial charge in [-0.3, -0.25) is 0 Å². The van der Waals surface area contributed by atoms with Crippen molar-refractivity contribution in [2.75, 3.05) is 0 Å². The zero-order valence-electron chi connectivity index (χ0n) is 11.3. The summed E-state index contributed by atoms with van der Waals surface area (Å²) < 4.78 is 0. The second kappa shape index (κ2) is 6.39. The van der Waals surface area contributed by atoms with Crippen LogP contribution >= 0.6 is 7.92 Å². The summed E-state index contributed by atoms with van der Waals surface area (Å²) in [5.41, 5.74) is 3.28. The monoisotopic (exact) mass is 240 g/mol. The molecule has 0 spiro atoms. The molecule has 0 aliphatic heterocycles. The summed E-state index contributed by atoms with van der Waals surface area (Å²) in [5.74, 6) is 0. The molecule has 0 radical (unpaired) electrons. The van der Waals surface area contributed by atoms with Gasteiger partial charge in [0.1, 0.15) is 0 Å². The first-order chi connectivity index (χ1) is 7.79. The molecule has 0 atom stereocenters. The lowest BCUT2D eigenvalue weighted by atomic mass is 9.99. The number of hydrogen-bond acceptors (Lipinski definition) is 0. The fourth-order valence-electron chi connectivity index (χ4n) is 3.90. The van der Waals surface area contributed by atoms with E-state index in [0.29, 0.717) is 7.92 Å². The Balaban J connectivity index is 1.96. The maximum absolute atomic E-state index is 2.51. The third-order valence-electron chi connectivity index (χ3n) is 4.59. The van der Waals surface area contributed by atoms with Gasteiger partial charge in [-0.1, -0.05) is 60.3 Å². The summed E-state index contributed by atoms with van der Waals surface area (Å²) in [6, 6.07) is 0. The van der Waals surface area contributed by atoms with E-state index in [2.05, 4.69) is 13.8 Å². The fraction of sp³-hybridized carbons (Fsp3) is 1.00. The van der Waals surface area contributed by atoms with Crippen LogP contribution in [0.4, 0.5) is 0 Å². The maximum atomic E-state index is 2.51. The van der Waals surface area contributed by atoms with Crippen molar-refractivity contribution in [3.05, 3.63) is 0 Å². The lowest BCUT2D eigenvalue weighted by Gasteiger charge is -2.41. The van der Waals surface area contributed by atoms with E-state index in [1.165, 1.54) is 38.5 Å². The molecule has 2 fully saturated rings. The first kappa shape index (κ1) is 12.9. The molecule has 0 aromatic carbocycles. The number of hydrogen-bond donors (Lipinski definition) is 0. The van der Waals surface area contributed by atoms with Crippen LogP contribution in [0.25, 0.3) is 0 Å². The van der Waals surface area contributed by atoms with Gasteiger partial charge < -0.3 is 0 Å². The highest BCUT2D eigenvalue weighted by Gasteiger charge is 2.32. The van der Waals surface area contributed by atoms with E-state index < -0.39 is 0 Å². The predicted octanol–water partition coefficient (Wildman–Crippen LogP) is 5.54. The van der Waals surface area contributed by atoms with Gasteiger partial charge >= 0.3 is 0 Å². The lowest BCUT2D eigenvalue weighted by Crippen LogP contribution is -2.24. The third-order valence-corrected chi connectivity index (χ3v) is 8.50. The average Bonchev–Trinajstić information content (AvgIpc) is 2.31. The fourth-order valence-corrected chi connectivity index (χ4v) is 8.11. The molecule has 16 heavy (non-hydrogen) atoms. The lowest BCUT2D eigenvalue weighted by molar-refractivity contribution is 0.482. The van der Waals surface area contributed by atoms with Gasteiger partial charge in [0.05, 0.1) is 0 Å². The topological polar surface area (TPSA) is 0 Å². The molecule has 2 rings (SSSR count). The Kier molecular flexibility index (Phi) is 5.14. The van der Waals surface area contributed by atoms with E-state index in [4.69, 9.17) is 0 Å². The van der Waals surface area contributed by atoms with Crippen molar-refractivity contribution in [3.63, 3.8) is 0 Å². The minimum Gasteiger partial charge on any atom is -0.0977 e. The van der Waals surface area contributed by atoms with Gasteiger partial charge in [-0.15, -0.1) is 0 Å². The molecule has 0 saturated heterocycles. The summed E-state index contributed by atoms with van der Waals surface area (Å²) in [4.78, 5) is 0. The Morgan fingerprint density at radius 3 is 1.38 bits per heavy atom. The van der Waals surface area contributed by atoms with Crippen LogP contribution in [-0.2, 0) is 0 Å².